The van der Waals surface area contributed by atoms with Gasteiger partial charge in [0, 0.05) is 24.4 Å². The van der Waals surface area contributed by atoms with Crippen molar-refractivity contribution in [3.63, 3.8) is 0 Å². The van der Waals surface area contributed by atoms with E-state index in [4.69, 9.17) is 5.11 Å². The molecule has 1 aliphatic carbocycles. The summed E-state index contributed by atoms with van der Waals surface area (Å²) in [4.78, 5) is 36.5. The van der Waals surface area contributed by atoms with Crippen LogP contribution < -0.4 is 0 Å². The van der Waals surface area contributed by atoms with Crippen molar-refractivity contribution in [1.82, 2.24) is 4.90 Å². The van der Waals surface area contributed by atoms with Crippen LogP contribution in [0.1, 0.15) is 43.0 Å². The molecule has 1 saturated carbocycles. The van der Waals surface area contributed by atoms with Gasteiger partial charge in [-0.15, -0.1) is 0 Å². The zero-order valence-electron chi connectivity index (χ0n) is 12.6. The highest BCUT2D eigenvalue weighted by Gasteiger charge is 2.38. The summed E-state index contributed by atoms with van der Waals surface area (Å²) in [6.07, 6.45) is 1.16. The number of benzene rings is 1. The molecule has 7 heteroatoms. The molecule has 0 radical (unpaired) electrons. The number of carboxylic acid groups (broad SMARTS) is 1. The summed E-state index contributed by atoms with van der Waals surface area (Å²) < 4.78 is 25.9. The SMILES string of the molecule is CC(C(=O)O)N(C(=O)CCC(=O)c1ccc(F)c(F)c1)C1CC1. The standard InChI is InChI=1S/C16H17F2NO4/c1-9(16(22)23)19(11-3-4-11)15(21)7-6-14(20)10-2-5-12(17)13(18)8-10/h2,5,8-9,11H,3-4,6-7H2,1H3,(H,22,23). The number of amides is 1. The Hall–Kier alpha value is -2.31. The molecule has 1 aromatic carbocycles. The third kappa shape index (κ3) is 4.12. The van der Waals surface area contributed by atoms with E-state index in [1.165, 1.54) is 11.8 Å². The van der Waals surface area contributed by atoms with Crippen molar-refractivity contribution in [2.75, 3.05) is 0 Å². The largest absolute Gasteiger partial charge is 0.480 e. The van der Waals surface area contributed by atoms with Crippen molar-refractivity contribution in [3.05, 3.63) is 35.4 Å². The van der Waals surface area contributed by atoms with Gasteiger partial charge < -0.3 is 10.0 Å². The lowest BCUT2D eigenvalue weighted by Gasteiger charge is -2.26. The molecule has 0 spiro atoms. The van der Waals surface area contributed by atoms with Crippen LogP contribution >= 0.6 is 0 Å². The minimum absolute atomic E-state index is 0.0130. The molecule has 1 aliphatic rings. The van der Waals surface area contributed by atoms with Gasteiger partial charge in [-0.2, -0.15) is 0 Å². The topological polar surface area (TPSA) is 74.7 Å². The van der Waals surface area contributed by atoms with E-state index >= 15 is 0 Å². The fourth-order valence-corrected chi connectivity index (χ4v) is 2.37. The van der Waals surface area contributed by atoms with Gasteiger partial charge in [-0.25, -0.2) is 13.6 Å². The summed E-state index contributed by atoms with van der Waals surface area (Å²) in [6, 6.07) is 1.76. The monoisotopic (exact) mass is 325 g/mol. The third-order valence-corrected chi connectivity index (χ3v) is 3.81. The summed E-state index contributed by atoms with van der Waals surface area (Å²) in [5.74, 6) is -4.18. The molecule has 124 valence electrons. The summed E-state index contributed by atoms with van der Waals surface area (Å²) in [7, 11) is 0. The van der Waals surface area contributed by atoms with Crippen molar-refractivity contribution in [2.45, 2.75) is 44.7 Å². The maximum atomic E-state index is 13.1. The van der Waals surface area contributed by atoms with Crippen LogP contribution in [0.5, 0.6) is 0 Å². The van der Waals surface area contributed by atoms with Crippen molar-refractivity contribution in [3.8, 4) is 0 Å². The van der Waals surface area contributed by atoms with E-state index in [1.807, 2.05) is 0 Å². The summed E-state index contributed by atoms with van der Waals surface area (Å²) in [6.45, 7) is 1.43. The molecule has 1 aromatic rings. The Morgan fingerprint density at radius 1 is 1.22 bits per heavy atom. The highest BCUT2D eigenvalue weighted by Crippen LogP contribution is 2.29. The number of Topliss-reactive ketones (excluding diaryl/α,β-unsaturated/α-hetero) is 1. The molecular weight excluding hydrogens is 308 g/mol. The van der Waals surface area contributed by atoms with Gasteiger partial charge in [0.15, 0.2) is 17.4 Å². The fraction of sp³-hybridized carbons (Fsp3) is 0.438. The lowest BCUT2D eigenvalue weighted by Crippen LogP contribution is -2.44. The van der Waals surface area contributed by atoms with E-state index in [-0.39, 0.29) is 24.4 Å². The molecule has 1 N–H and O–H groups in total. The molecule has 2 rings (SSSR count). The lowest BCUT2D eigenvalue weighted by atomic mass is 10.1. The maximum Gasteiger partial charge on any atom is 0.326 e. The molecule has 0 bridgehead atoms. The Labute approximate surface area is 131 Å². The van der Waals surface area contributed by atoms with Gasteiger partial charge in [0.25, 0.3) is 0 Å². The third-order valence-electron chi connectivity index (χ3n) is 3.81. The molecule has 1 amide bonds. The Morgan fingerprint density at radius 3 is 2.39 bits per heavy atom. The van der Waals surface area contributed by atoms with E-state index in [9.17, 15) is 23.2 Å². The second-order valence-electron chi connectivity index (χ2n) is 5.60. The number of nitrogens with zero attached hydrogens (tertiary/aromatic N) is 1. The molecule has 0 aliphatic heterocycles. The molecule has 5 nitrogen and oxygen atoms in total. The van der Waals surface area contributed by atoms with E-state index in [0.29, 0.717) is 0 Å². The van der Waals surface area contributed by atoms with Gasteiger partial charge in [0.1, 0.15) is 6.04 Å². The molecule has 0 saturated heterocycles. The molecule has 1 atom stereocenters. The van der Waals surface area contributed by atoms with Crippen LogP contribution in [-0.2, 0) is 9.59 Å². The molecule has 23 heavy (non-hydrogen) atoms. The van der Waals surface area contributed by atoms with Crippen molar-refractivity contribution < 1.29 is 28.3 Å². The van der Waals surface area contributed by atoms with Gasteiger partial charge in [0.05, 0.1) is 0 Å². The number of hydrogen-bond acceptors (Lipinski definition) is 3. The minimum atomic E-state index is -1.12. The number of halogens is 2. The van der Waals surface area contributed by atoms with Crippen molar-refractivity contribution in [1.29, 1.82) is 0 Å². The van der Waals surface area contributed by atoms with E-state index in [1.54, 1.807) is 0 Å². The Balaban J connectivity index is 1.98. The fourth-order valence-electron chi connectivity index (χ4n) is 2.37. The zero-order chi connectivity index (χ0) is 17.1. The lowest BCUT2D eigenvalue weighted by molar-refractivity contribution is -0.150. The first-order chi connectivity index (χ1) is 10.8. The van der Waals surface area contributed by atoms with E-state index in [2.05, 4.69) is 0 Å². The Morgan fingerprint density at radius 2 is 1.87 bits per heavy atom. The van der Waals surface area contributed by atoms with Gasteiger partial charge in [-0.05, 0) is 38.0 Å². The highest BCUT2D eigenvalue weighted by atomic mass is 19.2. The van der Waals surface area contributed by atoms with Gasteiger partial charge in [-0.1, -0.05) is 0 Å². The summed E-state index contributed by atoms with van der Waals surface area (Å²) in [5.41, 5.74) is -0.0130. The quantitative estimate of drug-likeness (QED) is 0.781. The molecular formula is C16H17F2NO4. The van der Waals surface area contributed by atoms with Crippen molar-refractivity contribution in [2.24, 2.45) is 0 Å². The minimum Gasteiger partial charge on any atom is -0.480 e. The molecule has 1 unspecified atom stereocenters. The smallest absolute Gasteiger partial charge is 0.326 e. The Bertz CT molecular complexity index is 643. The molecule has 0 aromatic heterocycles. The van der Waals surface area contributed by atoms with E-state index < -0.39 is 35.3 Å². The number of carbonyl (C=O) groups excluding carboxylic acids is 2. The predicted octanol–water partition coefficient (Wildman–Crippen LogP) is 2.39. The number of hydrogen-bond donors (Lipinski definition) is 1. The molecule has 0 heterocycles. The van der Waals surface area contributed by atoms with Crippen molar-refractivity contribution >= 4 is 17.7 Å². The first kappa shape index (κ1) is 17.1. The first-order valence-corrected chi connectivity index (χ1v) is 7.33. The second-order valence-corrected chi connectivity index (χ2v) is 5.60. The zero-order valence-corrected chi connectivity index (χ0v) is 12.6. The normalized spacial score (nSPS) is 15.1. The van der Waals surface area contributed by atoms with Crippen LogP contribution in [0.15, 0.2) is 18.2 Å². The number of carbonyl (C=O) groups is 3. The van der Waals surface area contributed by atoms with Crippen LogP contribution in [-0.4, -0.2) is 39.7 Å². The second kappa shape index (κ2) is 6.85. The highest BCUT2D eigenvalue weighted by molar-refractivity contribution is 5.98. The average molecular weight is 325 g/mol. The molecule has 1 fully saturated rings. The van der Waals surface area contributed by atoms with E-state index in [0.717, 1.165) is 31.0 Å². The van der Waals surface area contributed by atoms with Gasteiger partial charge >= 0.3 is 5.97 Å². The average Bonchev–Trinajstić information content (AvgIpc) is 3.32. The van der Waals surface area contributed by atoms with Crippen LogP contribution in [0.25, 0.3) is 0 Å². The van der Waals surface area contributed by atoms with Crippen LogP contribution in [0.2, 0.25) is 0 Å². The van der Waals surface area contributed by atoms with Gasteiger partial charge in [-0.3, -0.25) is 9.59 Å². The van der Waals surface area contributed by atoms with Gasteiger partial charge in [0.2, 0.25) is 5.91 Å². The maximum absolute atomic E-state index is 13.1. The Kier molecular flexibility index (Phi) is 5.08. The number of ketones is 1. The number of carboxylic acids is 1. The first-order valence-electron chi connectivity index (χ1n) is 7.33. The summed E-state index contributed by atoms with van der Waals surface area (Å²) in [5, 5.41) is 9.05. The summed E-state index contributed by atoms with van der Waals surface area (Å²) >= 11 is 0. The number of rotatable bonds is 7. The predicted molar refractivity (Wildman–Crippen MR) is 76.9 cm³/mol. The van der Waals surface area contributed by atoms with Crippen LogP contribution in [0.4, 0.5) is 8.78 Å². The van der Waals surface area contributed by atoms with Crippen LogP contribution in [0.3, 0.4) is 0 Å². The van der Waals surface area contributed by atoms with Crippen LogP contribution in [0, 0.1) is 11.6 Å². The number of aliphatic carboxylic acids is 1.